The van der Waals surface area contributed by atoms with E-state index in [1.54, 1.807) is 36.3 Å². The third kappa shape index (κ3) is 4.43. The highest BCUT2D eigenvalue weighted by atomic mass is 35.5. The number of fused-ring (bicyclic) bond motifs is 1. The number of carbonyl (C=O) groups is 1. The van der Waals surface area contributed by atoms with Gasteiger partial charge in [0.25, 0.3) is 5.56 Å². The molecule has 1 saturated heterocycles. The Bertz CT molecular complexity index is 1630. The van der Waals surface area contributed by atoms with Gasteiger partial charge in [-0.15, -0.1) is 0 Å². The first-order chi connectivity index (χ1) is 17.1. The summed E-state index contributed by atoms with van der Waals surface area (Å²) in [4.78, 5) is 29.4. The quantitative estimate of drug-likeness (QED) is 0.431. The van der Waals surface area contributed by atoms with Gasteiger partial charge in [-0.1, -0.05) is 35.9 Å². The molecule has 0 saturated carbocycles. The van der Waals surface area contributed by atoms with Crippen LogP contribution in [0.25, 0.3) is 22.2 Å². The number of carbonyl (C=O) groups excluding carboxylic acids is 1. The van der Waals surface area contributed by atoms with Crippen molar-refractivity contribution in [2.24, 2.45) is 7.05 Å². The minimum absolute atomic E-state index is 0.115. The Morgan fingerprint density at radius 2 is 1.83 bits per heavy atom. The highest BCUT2D eigenvalue weighted by molar-refractivity contribution is 7.89. The smallest absolute Gasteiger partial charge is 0.266 e. The summed E-state index contributed by atoms with van der Waals surface area (Å²) in [5, 5.41) is 5.51. The Labute approximate surface area is 213 Å². The molecule has 2 aromatic carbocycles. The first kappa shape index (κ1) is 24.2. The number of rotatable bonds is 5. The zero-order valence-electron chi connectivity index (χ0n) is 19.7. The number of nitrogens with zero attached hydrogens (tertiary/aromatic N) is 4. The van der Waals surface area contributed by atoms with E-state index in [9.17, 15) is 18.0 Å². The summed E-state index contributed by atoms with van der Waals surface area (Å²) in [6.45, 7) is 2.17. The molecule has 36 heavy (non-hydrogen) atoms. The van der Waals surface area contributed by atoms with E-state index in [0.717, 1.165) is 16.5 Å². The lowest BCUT2D eigenvalue weighted by atomic mass is 10.1. The number of halogens is 1. The average molecular weight is 526 g/mol. The highest BCUT2D eigenvalue weighted by Crippen LogP contribution is 2.28. The van der Waals surface area contributed by atoms with Crippen LogP contribution in [-0.2, 0) is 28.4 Å². The van der Waals surface area contributed by atoms with Gasteiger partial charge in [-0.25, -0.2) is 13.1 Å². The molecule has 3 heterocycles. The molecular weight excluding hydrogens is 502 g/mol. The zero-order chi connectivity index (χ0) is 25.6. The molecule has 9 nitrogen and oxygen atoms in total. The number of H-pyrrole nitrogens is 1. The normalized spacial score (nSPS) is 17.1. The molecule has 1 fully saturated rings. The maximum atomic E-state index is 13.3. The van der Waals surface area contributed by atoms with E-state index < -0.39 is 10.0 Å². The molecule has 0 radical (unpaired) electrons. The van der Waals surface area contributed by atoms with Crippen molar-refractivity contribution in [2.75, 3.05) is 13.1 Å². The Balaban J connectivity index is 1.30. The molecule has 2 aromatic heterocycles. The van der Waals surface area contributed by atoms with Gasteiger partial charge in [0.15, 0.2) is 0 Å². The number of hydrogen-bond acceptors (Lipinski definition) is 5. The lowest BCUT2D eigenvalue weighted by Crippen LogP contribution is -2.56. The van der Waals surface area contributed by atoms with Crippen LogP contribution >= 0.6 is 11.6 Å². The molecule has 4 aromatic rings. The van der Waals surface area contributed by atoms with Crippen LogP contribution in [0.15, 0.2) is 70.5 Å². The molecule has 1 amide bonds. The monoisotopic (exact) mass is 525 g/mol. The summed E-state index contributed by atoms with van der Waals surface area (Å²) < 4.78 is 29.1. The van der Waals surface area contributed by atoms with Crippen LogP contribution in [0.5, 0.6) is 0 Å². The molecule has 11 heteroatoms. The van der Waals surface area contributed by atoms with Crippen molar-refractivity contribution in [1.29, 1.82) is 0 Å². The molecule has 1 aliphatic rings. The minimum atomic E-state index is -3.86. The van der Waals surface area contributed by atoms with Crippen molar-refractivity contribution in [3.8, 4) is 11.3 Å². The molecule has 5 rings (SSSR count). The Morgan fingerprint density at radius 1 is 1.08 bits per heavy atom. The molecule has 1 N–H and O–H groups in total. The van der Waals surface area contributed by atoms with Crippen molar-refractivity contribution in [3.63, 3.8) is 0 Å². The van der Waals surface area contributed by atoms with Crippen molar-refractivity contribution in [2.45, 2.75) is 24.4 Å². The number of sulfonamides is 1. The van der Waals surface area contributed by atoms with Crippen LogP contribution in [0.3, 0.4) is 0 Å². The van der Waals surface area contributed by atoms with Crippen molar-refractivity contribution < 1.29 is 13.2 Å². The molecule has 186 valence electrons. The predicted molar refractivity (Wildman–Crippen MR) is 137 cm³/mol. The number of benzene rings is 2. The standard InChI is InChI=1S/C25H24ClN5O4S/c1-16-13-30(36(34,35)19-7-8-20-21(26)12-27-23(20)11-19)15-25(33)31(16)14-17-3-5-18(6-4-17)22-9-10-24(32)29(2)28-22/h3-12,16,27H,13-15H2,1-2H3/t16-/m0/s1. The second-order valence-electron chi connectivity index (χ2n) is 8.89. The number of piperazine rings is 1. The highest BCUT2D eigenvalue weighted by Gasteiger charge is 2.36. The van der Waals surface area contributed by atoms with Gasteiger partial charge >= 0.3 is 0 Å². The van der Waals surface area contributed by atoms with Gasteiger partial charge in [0.2, 0.25) is 15.9 Å². The lowest BCUT2D eigenvalue weighted by Gasteiger charge is -2.39. The van der Waals surface area contributed by atoms with Crippen molar-refractivity contribution in [1.82, 2.24) is 24.0 Å². The molecule has 0 spiro atoms. The number of hydrogen-bond donors (Lipinski definition) is 1. The number of aryl methyl sites for hydroxylation is 1. The number of aromatic amines is 1. The molecular formula is C25H24ClN5O4S. The zero-order valence-corrected chi connectivity index (χ0v) is 21.3. The fourth-order valence-corrected chi connectivity index (χ4v) is 6.10. The second-order valence-corrected chi connectivity index (χ2v) is 11.2. The van der Waals surface area contributed by atoms with Crippen LogP contribution in [0.2, 0.25) is 5.02 Å². The van der Waals surface area contributed by atoms with E-state index >= 15 is 0 Å². The maximum absolute atomic E-state index is 13.3. The van der Waals surface area contributed by atoms with Gasteiger partial charge in [-0.05, 0) is 36.8 Å². The summed E-state index contributed by atoms with van der Waals surface area (Å²) >= 11 is 6.10. The fraction of sp³-hybridized carbons (Fsp3) is 0.240. The topological polar surface area (TPSA) is 108 Å². The van der Waals surface area contributed by atoms with Gasteiger partial charge < -0.3 is 9.88 Å². The lowest BCUT2D eigenvalue weighted by molar-refractivity contribution is -0.137. The second kappa shape index (κ2) is 9.20. The van der Waals surface area contributed by atoms with Crippen LogP contribution in [0, 0.1) is 0 Å². The summed E-state index contributed by atoms with van der Waals surface area (Å²) in [5.74, 6) is -0.259. The summed E-state index contributed by atoms with van der Waals surface area (Å²) in [7, 11) is -2.26. The summed E-state index contributed by atoms with van der Waals surface area (Å²) in [6.07, 6.45) is 1.61. The Hall–Kier alpha value is -3.47. The van der Waals surface area contributed by atoms with Crippen LogP contribution in [0.1, 0.15) is 12.5 Å². The molecule has 1 aliphatic heterocycles. The van der Waals surface area contributed by atoms with E-state index in [1.165, 1.54) is 21.1 Å². The van der Waals surface area contributed by atoms with Gasteiger partial charge in [0, 0.05) is 54.9 Å². The minimum Gasteiger partial charge on any atom is -0.360 e. The Morgan fingerprint density at radius 3 is 2.53 bits per heavy atom. The van der Waals surface area contributed by atoms with E-state index in [2.05, 4.69) is 10.1 Å². The summed E-state index contributed by atoms with van der Waals surface area (Å²) in [6, 6.07) is 15.1. The number of amides is 1. The third-order valence-electron chi connectivity index (χ3n) is 6.44. The first-order valence-electron chi connectivity index (χ1n) is 11.3. The summed E-state index contributed by atoms with van der Waals surface area (Å²) in [5.41, 5.74) is 2.87. The largest absolute Gasteiger partial charge is 0.360 e. The van der Waals surface area contributed by atoms with Crippen LogP contribution in [0.4, 0.5) is 0 Å². The van der Waals surface area contributed by atoms with Gasteiger partial charge in [-0.2, -0.15) is 9.40 Å². The van der Waals surface area contributed by atoms with E-state index in [4.69, 9.17) is 11.6 Å². The Kier molecular flexibility index (Phi) is 6.19. The van der Waals surface area contributed by atoms with Gasteiger partial charge in [0.05, 0.1) is 22.2 Å². The first-order valence-corrected chi connectivity index (χ1v) is 13.2. The van der Waals surface area contributed by atoms with E-state index in [-0.39, 0.29) is 35.5 Å². The van der Waals surface area contributed by atoms with Gasteiger partial charge in [0.1, 0.15) is 0 Å². The average Bonchev–Trinajstić information content (AvgIpc) is 3.23. The van der Waals surface area contributed by atoms with Crippen LogP contribution < -0.4 is 5.56 Å². The van der Waals surface area contributed by atoms with E-state index in [1.807, 2.05) is 31.2 Å². The number of nitrogens with one attached hydrogen (secondary N) is 1. The molecule has 1 atom stereocenters. The maximum Gasteiger partial charge on any atom is 0.266 e. The molecule has 0 unspecified atom stereocenters. The van der Waals surface area contributed by atoms with Crippen molar-refractivity contribution in [3.05, 3.63) is 81.7 Å². The van der Waals surface area contributed by atoms with Gasteiger partial charge in [-0.3, -0.25) is 9.59 Å². The van der Waals surface area contributed by atoms with E-state index in [0.29, 0.717) is 22.8 Å². The SMILES string of the molecule is C[C@H]1CN(S(=O)(=O)c2ccc3c(Cl)c[nH]c3c2)CC(=O)N1Cc1ccc(-c2ccc(=O)n(C)n2)cc1. The fourth-order valence-electron chi connectivity index (χ4n) is 4.39. The predicted octanol–water partition coefficient (Wildman–Crippen LogP) is 3.00. The van der Waals surface area contributed by atoms with Crippen LogP contribution in [-0.4, -0.2) is 57.4 Å². The molecule has 0 aliphatic carbocycles. The number of aromatic nitrogens is 3. The van der Waals surface area contributed by atoms with Crippen molar-refractivity contribution >= 4 is 38.4 Å². The third-order valence-corrected chi connectivity index (χ3v) is 8.56. The molecule has 0 bridgehead atoms.